The average Bonchev–Trinajstić information content (AvgIpc) is 2.74. The summed E-state index contributed by atoms with van der Waals surface area (Å²) in [5.74, 6) is -1.09. The Labute approximate surface area is 172 Å². The van der Waals surface area contributed by atoms with Crippen molar-refractivity contribution in [1.82, 2.24) is 0 Å². The first-order valence-corrected chi connectivity index (χ1v) is 11.8. The molecule has 5 heteroatoms. The van der Waals surface area contributed by atoms with Gasteiger partial charge in [-0.3, -0.25) is 4.79 Å². The molecule has 3 aromatic rings. The van der Waals surface area contributed by atoms with Crippen molar-refractivity contribution in [2.45, 2.75) is 20.8 Å². The van der Waals surface area contributed by atoms with Crippen LogP contribution in [0, 0.1) is 0 Å². The molecule has 0 saturated heterocycles. The summed E-state index contributed by atoms with van der Waals surface area (Å²) in [5, 5.41) is 10.6. The van der Waals surface area contributed by atoms with Gasteiger partial charge in [0.2, 0.25) is 0 Å². The standard InChI is InChI=1S/C22H23O2P.C2H4O2/c1-3-25(24-19(2)23,20-13-7-4-8-14-20,21-15-9-5-10-16-21)22-17-11-6-12-18-22;1-2(3)4/h4-18H,3H2,1-2H3;1H3,(H,3,4). The number of rotatable bonds is 5. The third kappa shape index (κ3) is 4.38. The molecular formula is C24H27O4P. The first kappa shape index (κ1) is 22.3. The van der Waals surface area contributed by atoms with Gasteiger partial charge in [-0.05, 0) is 0 Å². The van der Waals surface area contributed by atoms with Crippen molar-refractivity contribution < 1.29 is 19.2 Å². The minimum atomic E-state index is -3.37. The van der Waals surface area contributed by atoms with Crippen molar-refractivity contribution in [1.29, 1.82) is 0 Å². The molecule has 0 atom stereocenters. The summed E-state index contributed by atoms with van der Waals surface area (Å²) in [6, 6.07) is 30.6. The van der Waals surface area contributed by atoms with Gasteiger partial charge in [0, 0.05) is 6.92 Å². The number of benzene rings is 3. The van der Waals surface area contributed by atoms with Gasteiger partial charge < -0.3 is 5.11 Å². The van der Waals surface area contributed by atoms with Crippen molar-refractivity contribution >= 4 is 34.7 Å². The Balaban J connectivity index is 0.000000687. The van der Waals surface area contributed by atoms with E-state index in [0.29, 0.717) is 6.16 Å². The topological polar surface area (TPSA) is 63.6 Å². The molecule has 0 bridgehead atoms. The van der Waals surface area contributed by atoms with Crippen LogP contribution in [0.2, 0.25) is 0 Å². The SMILES string of the molecule is CC(=O)O.CCP(OC(C)=O)(c1ccccc1)(c1ccccc1)c1ccccc1. The van der Waals surface area contributed by atoms with E-state index in [0.717, 1.165) is 22.8 Å². The average molecular weight is 410 g/mol. The van der Waals surface area contributed by atoms with E-state index < -0.39 is 12.8 Å². The van der Waals surface area contributed by atoms with Gasteiger partial charge in [-0.1, -0.05) is 0 Å². The van der Waals surface area contributed by atoms with Crippen LogP contribution in [0.3, 0.4) is 0 Å². The zero-order valence-corrected chi connectivity index (χ0v) is 17.9. The van der Waals surface area contributed by atoms with Crippen molar-refractivity contribution in [3.05, 3.63) is 91.0 Å². The van der Waals surface area contributed by atoms with Crippen LogP contribution in [0.15, 0.2) is 91.0 Å². The van der Waals surface area contributed by atoms with Gasteiger partial charge in [-0.25, -0.2) is 0 Å². The number of carboxylic acid groups (broad SMARTS) is 1. The van der Waals surface area contributed by atoms with Crippen LogP contribution in [-0.2, 0) is 14.1 Å². The van der Waals surface area contributed by atoms with Crippen molar-refractivity contribution in [3.8, 4) is 0 Å². The Morgan fingerprint density at radius 3 is 1.21 bits per heavy atom. The van der Waals surface area contributed by atoms with Crippen LogP contribution in [0.5, 0.6) is 0 Å². The number of hydrogen-bond donors (Lipinski definition) is 1. The quantitative estimate of drug-likeness (QED) is 0.643. The summed E-state index contributed by atoms with van der Waals surface area (Å²) in [7, 11) is 0. The third-order valence-corrected chi connectivity index (χ3v) is 10.9. The molecule has 0 aliphatic carbocycles. The van der Waals surface area contributed by atoms with Gasteiger partial charge in [-0.15, -0.1) is 0 Å². The molecule has 0 fully saturated rings. The summed E-state index contributed by atoms with van der Waals surface area (Å²) in [6.45, 7) is 1.34. The molecule has 0 heterocycles. The Morgan fingerprint density at radius 2 is 1.00 bits per heavy atom. The van der Waals surface area contributed by atoms with Gasteiger partial charge in [0.05, 0.1) is 0 Å². The first-order chi connectivity index (χ1) is 13.9. The van der Waals surface area contributed by atoms with E-state index in [1.54, 1.807) is 0 Å². The van der Waals surface area contributed by atoms with Gasteiger partial charge in [0.1, 0.15) is 0 Å². The molecule has 0 saturated carbocycles. The summed E-state index contributed by atoms with van der Waals surface area (Å²) in [5.41, 5.74) is 0. The first-order valence-electron chi connectivity index (χ1n) is 9.44. The molecule has 3 rings (SSSR count). The van der Waals surface area contributed by atoms with Crippen molar-refractivity contribution in [2.24, 2.45) is 0 Å². The fourth-order valence-corrected chi connectivity index (χ4v) is 9.14. The second-order valence-corrected chi connectivity index (χ2v) is 11.4. The van der Waals surface area contributed by atoms with Gasteiger partial charge in [-0.2, -0.15) is 0 Å². The maximum atomic E-state index is 12.4. The molecular weight excluding hydrogens is 383 g/mol. The van der Waals surface area contributed by atoms with Crippen LogP contribution in [0.25, 0.3) is 0 Å². The van der Waals surface area contributed by atoms with E-state index in [-0.39, 0.29) is 5.97 Å². The number of aliphatic carboxylic acids is 1. The molecule has 0 aliphatic heterocycles. The number of carboxylic acids is 1. The summed E-state index contributed by atoms with van der Waals surface area (Å²) >= 11 is 0. The number of carbonyl (C=O) groups is 2. The van der Waals surface area contributed by atoms with E-state index in [4.69, 9.17) is 14.4 Å². The molecule has 4 nitrogen and oxygen atoms in total. The molecule has 0 spiro atoms. The fraction of sp³-hybridized carbons (Fsp3) is 0.167. The van der Waals surface area contributed by atoms with E-state index in [9.17, 15) is 4.79 Å². The summed E-state index contributed by atoms with van der Waals surface area (Å²) in [4.78, 5) is 21.4. The number of carbonyl (C=O) groups excluding carboxylic acids is 1. The minimum absolute atomic E-state index is 0.254. The van der Waals surface area contributed by atoms with Crippen molar-refractivity contribution in [2.75, 3.05) is 6.16 Å². The van der Waals surface area contributed by atoms with Crippen LogP contribution in [0.1, 0.15) is 20.8 Å². The zero-order valence-electron chi connectivity index (χ0n) is 17.0. The van der Waals surface area contributed by atoms with Crippen LogP contribution >= 0.6 is 6.83 Å². The Kier molecular flexibility index (Phi) is 7.30. The van der Waals surface area contributed by atoms with Crippen molar-refractivity contribution in [3.63, 3.8) is 0 Å². The molecule has 1 N–H and O–H groups in total. The molecule has 3 aromatic carbocycles. The molecule has 0 radical (unpaired) electrons. The van der Waals surface area contributed by atoms with E-state index in [2.05, 4.69) is 43.3 Å². The predicted octanol–water partition coefficient (Wildman–Crippen LogP) is 4.11. The second-order valence-electron chi connectivity index (χ2n) is 6.64. The Hall–Kier alpha value is -2.97. The molecule has 0 aromatic heterocycles. The van der Waals surface area contributed by atoms with E-state index in [1.807, 2.05) is 54.6 Å². The Morgan fingerprint density at radius 1 is 0.724 bits per heavy atom. The summed E-state index contributed by atoms with van der Waals surface area (Å²) < 4.78 is 6.42. The molecule has 0 amide bonds. The zero-order chi connectivity index (χ0) is 21.4. The second kappa shape index (κ2) is 9.49. The number of hydrogen-bond acceptors (Lipinski definition) is 3. The molecule has 0 aliphatic rings. The predicted molar refractivity (Wildman–Crippen MR) is 121 cm³/mol. The van der Waals surface area contributed by atoms with Crippen LogP contribution in [-0.4, -0.2) is 23.2 Å². The molecule has 0 unspecified atom stereocenters. The molecule has 152 valence electrons. The van der Waals surface area contributed by atoms with Gasteiger partial charge in [0.15, 0.2) is 0 Å². The molecule has 29 heavy (non-hydrogen) atoms. The normalized spacial score (nSPS) is 11.9. The fourth-order valence-electron chi connectivity index (χ4n) is 3.73. The summed E-state index contributed by atoms with van der Waals surface area (Å²) in [6.07, 6.45) is 0.712. The third-order valence-electron chi connectivity index (χ3n) is 4.84. The van der Waals surface area contributed by atoms with E-state index in [1.165, 1.54) is 6.92 Å². The maximum absolute atomic E-state index is 12.4. The van der Waals surface area contributed by atoms with Gasteiger partial charge in [0.25, 0.3) is 5.97 Å². The van der Waals surface area contributed by atoms with Crippen LogP contribution < -0.4 is 15.9 Å². The van der Waals surface area contributed by atoms with Crippen LogP contribution in [0.4, 0.5) is 0 Å². The Bertz CT molecular complexity index is 837. The van der Waals surface area contributed by atoms with Gasteiger partial charge >= 0.3 is 149 Å². The van der Waals surface area contributed by atoms with E-state index >= 15 is 0 Å². The monoisotopic (exact) mass is 410 g/mol.